The van der Waals surface area contributed by atoms with E-state index in [1.165, 1.54) is 29.7 Å². The zero-order chi connectivity index (χ0) is 12.7. The molecule has 0 aliphatic rings. The lowest BCUT2D eigenvalue weighted by atomic mass is 10.2. The van der Waals surface area contributed by atoms with Gasteiger partial charge in [-0.05, 0) is 45.6 Å². The second-order valence-corrected chi connectivity index (χ2v) is 5.84. The van der Waals surface area contributed by atoms with E-state index in [1.54, 1.807) is 12.1 Å². The van der Waals surface area contributed by atoms with Crippen LogP contribution in [0.2, 0.25) is 0 Å². The number of halogens is 2. The standard InChI is InChI=1S/C13H8BrFO2S/c14-9-3-4-17-13(9)12(16)11-5-7-1-2-8(15)6-10(7)18-11/h1-6,12,16H. The number of hydrogen-bond acceptors (Lipinski definition) is 3. The molecule has 0 aliphatic heterocycles. The summed E-state index contributed by atoms with van der Waals surface area (Å²) in [6, 6.07) is 8.15. The third kappa shape index (κ3) is 1.98. The molecule has 0 radical (unpaired) electrons. The van der Waals surface area contributed by atoms with Gasteiger partial charge in [-0.2, -0.15) is 0 Å². The van der Waals surface area contributed by atoms with Gasteiger partial charge in [-0.3, -0.25) is 0 Å². The summed E-state index contributed by atoms with van der Waals surface area (Å²) in [7, 11) is 0. The van der Waals surface area contributed by atoms with Crippen molar-refractivity contribution in [3.63, 3.8) is 0 Å². The Bertz CT molecular complexity index is 704. The van der Waals surface area contributed by atoms with E-state index in [1.807, 2.05) is 6.07 Å². The molecule has 0 fully saturated rings. The van der Waals surface area contributed by atoms with Crippen LogP contribution in [0.25, 0.3) is 10.1 Å². The van der Waals surface area contributed by atoms with Crippen LogP contribution in [-0.2, 0) is 0 Å². The summed E-state index contributed by atoms with van der Waals surface area (Å²) in [5.41, 5.74) is 0. The highest BCUT2D eigenvalue weighted by Crippen LogP contribution is 2.36. The van der Waals surface area contributed by atoms with E-state index >= 15 is 0 Å². The van der Waals surface area contributed by atoms with Gasteiger partial charge >= 0.3 is 0 Å². The molecule has 1 N–H and O–H groups in total. The van der Waals surface area contributed by atoms with E-state index in [2.05, 4.69) is 15.9 Å². The maximum absolute atomic E-state index is 13.1. The molecule has 3 rings (SSSR count). The number of rotatable bonds is 2. The van der Waals surface area contributed by atoms with E-state index in [4.69, 9.17) is 4.42 Å². The fourth-order valence-corrected chi connectivity index (χ4v) is 3.28. The van der Waals surface area contributed by atoms with Crippen molar-refractivity contribution < 1.29 is 13.9 Å². The van der Waals surface area contributed by atoms with E-state index in [9.17, 15) is 9.50 Å². The van der Waals surface area contributed by atoms with Crippen LogP contribution >= 0.6 is 27.3 Å². The first kappa shape index (κ1) is 11.9. The van der Waals surface area contributed by atoms with Crippen LogP contribution in [0.1, 0.15) is 16.7 Å². The average Bonchev–Trinajstić information content (AvgIpc) is 2.93. The van der Waals surface area contributed by atoms with Gasteiger partial charge in [0.05, 0.1) is 10.7 Å². The molecule has 0 saturated carbocycles. The molecule has 0 spiro atoms. The molecule has 92 valence electrons. The number of hydrogen-bond donors (Lipinski definition) is 1. The van der Waals surface area contributed by atoms with Crippen molar-refractivity contribution >= 4 is 37.4 Å². The Morgan fingerprint density at radius 2 is 2.11 bits per heavy atom. The Labute approximate surface area is 115 Å². The zero-order valence-corrected chi connectivity index (χ0v) is 11.5. The number of fused-ring (bicyclic) bond motifs is 1. The topological polar surface area (TPSA) is 33.4 Å². The van der Waals surface area contributed by atoms with Crippen molar-refractivity contribution in [3.8, 4) is 0 Å². The summed E-state index contributed by atoms with van der Waals surface area (Å²) in [5, 5.41) is 11.1. The Balaban J connectivity index is 2.07. The van der Waals surface area contributed by atoms with E-state index < -0.39 is 6.10 Å². The van der Waals surface area contributed by atoms with Crippen molar-refractivity contribution in [2.75, 3.05) is 0 Å². The second-order valence-electron chi connectivity index (χ2n) is 3.87. The van der Waals surface area contributed by atoms with Crippen LogP contribution in [0.4, 0.5) is 4.39 Å². The fourth-order valence-electron chi connectivity index (χ4n) is 1.79. The Morgan fingerprint density at radius 1 is 1.28 bits per heavy atom. The molecule has 1 atom stereocenters. The van der Waals surface area contributed by atoms with Crippen LogP contribution in [0, 0.1) is 5.82 Å². The fraction of sp³-hybridized carbons (Fsp3) is 0.0769. The molecule has 1 aromatic carbocycles. The zero-order valence-electron chi connectivity index (χ0n) is 9.06. The van der Waals surface area contributed by atoms with Gasteiger partial charge in [0.25, 0.3) is 0 Å². The molecule has 2 heterocycles. The van der Waals surface area contributed by atoms with Gasteiger partial charge in [-0.25, -0.2) is 4.39 Å². The first-order valence-corrected chi connectivity index (χ1v) is 6.86. The lowest BCUT2D eigenvalue weighted by molar-refractivity contribution is 0.192. The molecule has 2 aromatic heterocycles. The Morgan fingerprint density at radius 3 is 2.83 bits per heavy atom. The summed E-state index contributed by atoms with van der Waals surface area (Å²) < 4.78 is 19.9. The molecule has 0 aliphatic carbocycles. The van der Waals surface area contributed by atoms with Gasteiger partial charge in [0, 0.05) is 9.58 Å². The van der Waals surface area contributed by atoms with Crippen LogP contribution in [0.5, 0.6) is 0 Å². The SMILES string of the molecule is OC(c1cc2ccc(F)cc2s1)c1occc1Br. The first-order valence-electron chi connectivity index (χ1n) is 5.25. The summed E-state index contributed by atoms with van der Waals surface area (Å²) in [6.07, 6.45) is 0.671. The summed E-state index contributed by atoms with van der Waals surface area (Å²) in [6.45, 7) is 0. The van der Waals surface area contributed by atoms with Gasteiger partial charge in [0.2, 0.25) is 0 Å². The summed E-state index contributed by atoms with van der Waals surface area (Å²) >= 11 is 4.67. The highest BCUT2D eigenvalue weighted by Gasteiger charge is 2.19. The first-order chi connectivity index (χ1) is 8.65. The summed E-state index contributed by atoms with van der Waals surface area (Å²) in [4.78, 5) is 0.728. The van der Waals surface area contributed by atoms with Crippen molar-refractivity contribution in [3.05, 3.63) is 57.5 Å². The van der Waals surface area contributed by atoms with E-state index in [-0.39, 0.29) is 5.82 Å². The minimum absolute atomic E-state index is 0.274. The highest BCUT2D eigenvalue weighted by atomic mass is 79.9. The third-order valence-corrected chi connectivity index (χ3v) is 4.47. The minimum atomic E-state index is -0.838. The molecule has 0 bridgehead atoms. The van der Waals surface area contributed by atoms with Crippen LogP contribution in [0.3, 0.4) is 0 Å². The van der Waals surface area contributed by atoms with Crippen molar-refractivity contribution in [1.82, 2.24) is 0 Å². The van der Waals surface area contributed by atoms with E-state index in [0.29, 0.717) is 5.76 Å². The molecule has 0 amide bonds. The van der Waals surface area contributed by atoms with Crippen molar-refractivity contribution in [2.45, 2.75) is 6.10 Å². The molecule has 5 heteroatoms. The number of thiophene rings is 1. The van der Waals surface area contributed by atoms with Crippen molar-refractivity contribution in [1.29, 1.82) is 0 Å². The number of aliphatic hydroxyl groups excluding tert-OH is 1. The van der Waals surface area contributed by atoms with Crippen LogP contribution in [0.15, 0.2) is 45.5 Å². The predicted octanol–water partition coefficient (Wildman–Crippen LogP) is 4.48. The molecule has 1 unspecified atom stereocenters. The lowest BCUT2D eigenvalue weighted by Crippen LogP contribution is -1.95. The van der Waals surface area contributed by atoms with E-state index in [0.717, 1.165) is 19.4 Å². The van der Waals surface area contributed by atoms with Gasteiger partial charge in [0.1, 0.15) is 11.9 Å². The van der Waals surface area contributed by atoms with Gasteiger partial charge in [0.15, 0.2) is 5.76 Å². The quantitative estimate of drug-likeness (QED) is 0.753. The maximum Gasteiger partial charge on any atom is 0.151 e. The highest BCUT2D eigenvalue weighted by molar-refractivity contribution is 9.10. The Kier molecular flexibility index (Phi) is 2.97. The van der Waals surface area contributed by atoms with Crippen LogP contribution < -0.4 is 0 Å². The van der Waals surface area contributed by atoms with Crippen molar-refractivity contribution in [2.24, 2.45) is 0 Å². The summed E-state index contributed by atoms with van der Waals surface area (Å²) in [5.74, 6) is 0.187. The second kappa shape index (κ2) is 4.50. The molecule has 18 heavy (non-hydrogen) atoms. The predicted molar refractivity (Wildman–Crippen MR) is 72.3 cm³/mol. The monoisotopic (exact) mass is 326 g/mol. The molecule has 3 aromatic rings. The van der Waals surface area contributed by atoms with Crippen LogP contribution in [-0.4, -0.2) is 5.11 Å². The number of benzene rings is 1. The normalized spacial score (nSPS) is 13.1. The number of furan rings is 1. The molecule has 0 saturated heterocycles. The smallest absolute Gasteiger partial charge is 0.151 e. The largest absolute Gasteiger partial charge is 0.465 e. The Hall–Kier alpha value is -1.17. The minimum Gasteiger partial charge on any atom is -0.465 e. The third-order valence-electron chi connectivity index (χ3n) is 2.66. The average molecular weight is 327 g/mol. The maximum atomic E-state index is 13.1. The molecule has 2 nitrogen and oxygen atoms in total. The lowest BCUT2D eigenvalue weighted by Gasteiger charge is -2.04. The molecular formula is C13H8BrFO2S. The van der Waals surface area contributed by atoms with Gasteiger partial charge < -0.3 is 9.52 Å². The number of aliphatic hydroxyl groups is 1. The molecular weight excluding hydrogens is 319 g/mol. The van der Waals surface area contributed by atoms with Gasteiger partial charge in [-0.15, -0.1) is 11.3 Å². The van der Waals surface area contributed by atoms with Gasteiger partial charge in [-0.1, -0.05) is 6.07 Å².